The van der Waals surface area contributed by atoms with Gasteiger partial charge in [0.15, 0.2) is 0 Å². The first-order valence-electron chi connectivity index (χ1n) is 11.3. The number of nitrogens with two attached hydrogens (primary N) is 1. The number of nitrogens with zero attached hydrogens (tertiary/aromatic N) is 2. The summed E-state index contributed by atoms with van der Waals surface area (Å²) in [4.78, 5) is 5.03. The van der Waals surface area contributed by atoms with Crippen molar-refractivity contribution in [1.82, 2.24) is 14.9 Å². The van der Waals surface area contributed by atoms with Crippen molar-refractivity contribution in [1.29, 1.82) is 5.41 Å². The number of hydrogen-bond acceptors (Lipinski definition) is 4. The first-order valence-corrected chi connectivity index (χ1v) is 11.3. The van der Waals surface area contributed by atoms with Crippen LogP contribution in [-0.4, -0.2) is 34.6 Å². The molecule has 0 aliphatic carbocycles. The molecule has 2 heterocycles. The molecule has 1 aliphatic heterocycles. The third-order valence-electron chi connectivity index (χ3n) is 6.43. The minimum atomic E-state index is 0.0782. The third kappa shape index (κ3) is 3.41. The summed E-state index contributed by atoms with van der Waals surface area (Å²) in [5, 5.41) is 13.4. The van der Waals surface area contributed by atoms with Crippen molar-refractivity contribution in [3.05, 3.63) is 65.5 Å². The Kier molecular flexibility index (Phi) is 5.31. The van der Waals surface area contributed by atoms with Crippen LogP contribution in [0.4, 0.5) is 0 Å². The number of imidazole rings is 1. The van der Waals surface area contributed by atoms with E-state index in [1.165, 1.54) is 0 Å². The molecule has 1 aromatic heterocycles. The molecule has 3 aromatic carbocycles. The number of amidine groups is 1. The van der Waals surface area contributed by atoms with E-state index >= 15 is 0 Å². The van der Waals surface area contributed by atoms with E-state index in [1.807, 2.05) is 30.3 Å². The van der Waals surface area contributed by atoms with E-state index in [1.54, 1.807) is 0 Å². The fourth-order valence-electron chi connectivity index (χ4n) is 4.75. The minimum absolute atomic E-state index is 0.0782. The zero-order chi connectivity index (χ0) is 22.2. The number of aryl methyl sites for hydroxylation is 2. The molecule has 0 spiro atoms. The molecule has 0 saturated carbocycles. The van der Waals surface area contributed by atoms with Gasteiger partial charge in [0, 0.05) is 22.9 Å². The minimum Gasteiger partial charge on any atom is -0.490 e. The third-order valence-corrected chi connectivity index (χ3v) is 6.43. The summed E-state index contributed by atoms with van der Waals surface area (Å²) in [5.74, 6) is 2.01. The van der Waals surface area contributed by atoms with Crippen molar-refractivity contribution < 1.29 is 4.74 Å². The van der Waals surface area contributed by atoms with Crippen molar-refractivity contribution in [2.24, 2.45) is 5.73 Å². The molecule has 4 aromatic rings. The van der Waals surface area contributed by atoms with Crippen LogP contribution in [0.1, 0.15) is 36.7 Å². The van der Waals surface area contributed by atoms with Gasteiger partial charge in [-0.1, -0.05) is 31.2 Å². The molecular formula is C26H29N5O. The summed E-state index contributed by atoms with van der Waals surface area (Å²) in [7, 11) is 0. The Morgan fingerprint density at radius 3 is 2.59 bits per heavy atom. The molecule has 6 nitrogen and oxygen atoms in total. The average Bonchev–Trinajstić information content (AvgIpc) is 3.20. The molecule has 0 atom stereocenters. The molecule has 164 valence electrons. The second-order valence-electron chi connectivity index (χ2n) is 8.43. The van der Waals surface area contributed by atoms with Crippen molar-refractivity contribution in [2.45, 2.75) is 39.2 Å². The number of nitrogen functional groups attached to an aromatic ring is 1. The van der Waals surface area contributed by atoms with Crippen LogP contribution >= 0.6 is 0 Å². The molecule has 0 bridgehead atoms. The van der Waals surface area contributed by atoms with E-state index in [2.05, 4.69) is 41.9 Å². The Morgan fingerprint density at radius 1 is 1.12 bits per heavy atom. The Bertz CT molecular complexity index is 1320. The lowest BCUT2D eigenvalue weighted by Gasteiger charge is -2.24. The van der Waals surface area contributed by atoms with Gasteiger partial charge in [-0.05, 0) is 62.5 Å². The number of aromatic nitrogens is 2. The monoisotopic (exact) mass is 427 g/mol. The molecule has 0 radical (unpaired) electrons. The molecule has 4 N–H and O–H groups in total. The normalized spacial score (nSPS) is 14.8. The van der Waals surface area contributed by atoms with Crippen molar-refractivity contribution >= 4 is 27.6 Å². The molecular weight excluding hydrogens is 398 g/mol. The quantitative estimate of drug-likeness (QED) is 0.324. The van der Waals surface area contributed by atoms with E-state index < -0.39 is 0 Å². The highest BCUT2D eigenvalue weighted by molar-refractivity contribution is 6.10. The fraction of sp³-hybridized carbons (Fsp3) is 0.308. The standard InChI is InChI=1S/C26H29N5O/c1-3-24-30-25-16(2)23(32-17-12-14-29-15-13-17)11-10-22(25)31(24)21-9-8-20(26(27)28)18-6-4-5-7-19(18)21/h4-11,17,29H,3,12-15H2,1-2H3,(H3,27,28). The van der Waals surface area contributed by atoms with Gasteiger partial charge in [-0.2, -0.15) is 0 Å². The highest BCUT2D eigenvalue weighted by atomic mass is 16.5. The second kappa shape index (κ2) is 8.28. The van der Waals surface area contributed by atoms with Crippen LogP contribution in [0, 0.1) is 12.3 Å². The average molecular weight is 428 g/mol. The molecule has 32 heavy (non-hydrogen) atoms. The number of benzene rings is 3. The number of nitrogens with one attached hydrogen (secondary N) is 2. The highest BCUT2D eigenvalue weighted by Gasteiger charge is 2.20. The lowest BCUT2D eigenvalue weighted by Crippen LogP contribution is -2.34. The number of hydrogen-bond donors (Lipinski definition) is 3. The summed E-state index contributed by atoms with van der Waals surface area (Å²) in [5.41, 5.74) is 10.8. The Labute approximate surface area is 187 Å². The van der Waals surface area contributed by atoms with E-state index in [4.69, 9.17) is 20.9 Å². The topological polar surface area (TPSA) is 89.0 Å². The van der Waals surface area contributed by atoms with Crippen LogP contribution < -0.4 is 15.8 Å². The number of fused-ring (bicyclic) bond motifs is 2. The Balaban J connectivity index is 1.67. The zero-order valence-electron chi connectivity index (χ0n) is 18.6. The number of piperidine rings is 1. The van der Waals surface area contributed by atoms with Crippen molar-refractivity contribution in [3.63, 3.8) is 0 Å². The maximum absolute atomic E-state index is 7.97. The Hall–Kier alpha value is -3.38. The fourth-order valence-corrected chi connectivity index (χ4v) is 4.75. The maximum atomic E-state index is 7.97. The molecule has 0 amide bonds. The lowest BCUT2D eigenvalue weighted by atomic mass is 10.0. The molecule has 0 unspecified atom stereocenters. The smallest absolute Gasteiger partial charge is 0.124 e. The maximum Gasteiger partial charge on any atom is 0.124 e. The van der Waals surface area contributed by atoms with Crippen LogP contribution in [0.3, 0.4) is 0 Å². The molecule has 1 aliphatic rings. The van der Waals surface area contributed by atoms with Gasteiger partial charge in [-0.25, -0.2) is 4.98 Å². The van der Waals surface area contributed by atoms with Gasteiger partial charge in [-0.3, -0.25) is 9.98 Å². The van der Waals surface area contributed by atoms with Gasteiger partial charge in [-0.15, -0.1) is 0 Å². The van der Waals surface area contributed by atoms with Crippen LogP contribution in [0.25, 0.3) is 27.5 Å². The van der Waals surface area contributed by atoms with Gasteiger partial charge >= 0.3 is 0 Å². The van der Waals surface area contributed by atoms with E-state index in [9.17, 15) is 0 Å². The lowest BCUT2D eigenvalue weighted by molar-refractivity contribution is 0.161. The molecule has 5 rings (SSSR count). The largest absolute Gasteiger partial charge is 0.490 e. The van der Waals surface area contributed by atoms with Gasteiger partial charge in [0.1, 0.15) is 23.5 Å². The van der Waals surface area contributed by atoms with Gasteiger partial charge in [0.25, 0.3) is 0 Å². The van der Waals surface area contributed by atoms with Crippen LogP contribution in [0.2, 0.25) is 0 Å². The van der Waals surface area contributed by atoms with Gasteiger partial charge in [0.05, 0.1) is 16.7 Å². The first kappa shape index (κ1) is 20.5. The van der Waals surface area contributed by atoms with Gasteiger partial charge in [0.2, 0.25) is 0 Å². The SMILES string of the molecule is CCc1nc2c(C)c(OC3CCNCC3)ccc2n1-c1ccc(C(=N)N)c2ccccc12. The first-order chi connectivity index (χ1) is 15.6. The summed E-state index contributed by atoms with van der Waals surface area (Å²) >= 11 is 0. The predicted molar refractivity (Wildman–Crippen MR) is 130 cm³/mol. The van der Waals surface area contributed by atoms with Crippen molar-refractivity contribution in [2.75, 3.05) is 13.1 Å². The van der Waals surface area contributed by atoms with E-state index in [0.717, 1.165) is 82.5 Å². The van der Waals surface area contributed by atoms with E-state index in [0.29, 0.717) is 0 Å². The summed E-state index contributed by atoms with van der Waals surface area (Å²) in [6.07, 6.45) is 3.12. The predicted octanol–water partition coefficient (Wildman–Crippen LogP) is 4.46. The summed E-state index contributed by atoms with van der Waals surface area (Å²) in [6.45, 7) is 6.24. The highest BCUT2D eigenvalue weighted by Crippen LogP contribution is 2.34. The Morgan fingerprint density at radius 2 is 1.88 bits per heavy atom. The van der Waals surface area contributed by atoms with E-state index in [-0.39, 0.29) is 11.9 Å². The summed E-state index contributed by atoms with van der Waals surface area (Å²) in [6, 6.07) is 16.3. The van der Waals surface area contributed by atoms with Crippen LogP contribution in [0.15, 0.2) is 48.5 Å². The van der Waals surface area contributed by atoms with Crippen LogP contribution in [-0.2, 0) is 6.42 Å². The second-order valence-corrected chi connectivity index (χ2v) is 8.43. The number of rotatable bonds is 5. The number of ether oxygens (including phenoxy) is 1. The molecule has 1 saturated heterocycles. The van der Waals surface area contributed by atoms with Crippen molar-refractivity contribution in [3.8, 4) is 11.4 Å². The van der Waals surface area contributed by atoms with Gasteiger partial charge < -0.3 is 15.8 Å². The molecule has 1 fully saturated rings. The van der Waals surface area contributed by atoms with Crippen LogP contribution in [0.5, 0.6) is 5.75 Å². The molecule has 6 heteroatoms. The summed E-state index contributed by atoms with van der Waals surface area (Å²) < 4.78 is 8.61. The zero-order valence-corrected chi connectivity index (χ0v) is 18.6.